The first-order valence-corrected chi connectivity index (χ1v) is 9.13. The number of hydrogen-bond donors (Lipinski definition) is 0. The third-order valence-corrected chi connectivity index (χ3v) is 5.00. The number of aryl methyl sites for hydroxylation is 2. The van der Waals surface area contributed by atoms with Gasteiger partial charge in [-0.15, -0.1) is 0 Å². The van der Waals surface area contributed by atoms with E-state index in [1.165, 1.54) is 43.5 Å². The second kappa shape index (κ2) is 8.34. The predicted octanol–water partition coefficient (Wildman–Crippen LogP) is 3.76. The molecule has 0 unspecified atom stereocenters. The highest BCUT2D eigenvalue weighted by Gasteiger charge is 2.20. The summed E-state index contributed by atoms with van der Waals surface area (Å²) in [5, 5.41) is 4.39. The Balaban J connectivity index is 1.49. The molecule has 1 aliphatic rings. The molecule has 1 atom stereocenters. The van der Waals surface area contributed by atoms with Crippen LogP contribution < -0.4 is 4.74 Å². The number of nitrogens with zero attached hydrogens (tertiary/aromatic N) is 3. The molecular formula is C20H29N3O. The molecule has 2 aromatic rings. The molecule has 0 radical (unpaired) electrons. The van der Waals surface area contributed by atoms with Crippen molar-refractivity contribution in [3.63, 3.8) is 0 Å². The van der Waals surface area contributed by atoms with Crippen molar-refractivity contribution in [3.05, 3.63) is 47.8 Å². The Morgan fingerprint density at radius 2 is 2.21 bits per heavy atom. The molecule has 1 aliphatic heterocycles. The van der Waals surface area contributed by atoms with Crippen LogP contribution in [0, 0.1) is 5.92 Å². The lowest BCUT2D eigenvalue weighted by molar-refractivity contribution is 0.162. The van der Waals surface area contributed by atoms with Gasteiger partial charge in [0.2, 0.25) is 0 Å². The Labute approximate surface area is 145 Å². The number of aromatic nitrogens is 2. The number of hydrogen-bond acceptors (Lipinski definition) is 3. The van der Waals surface area contributed by atoms with Crippen molar-refractivity contribution in [2.75, 3.05) is 20.2 Å². The van der Waals surface area contributed by atoms with Crippen LogP contribution in [0.25, 0.3) is 0 Å². The van der Waals surface area contributed by atoms with Crippen LogP contribution >= 0.6 is 0 Å². The number of rotatable bonds is 7. The SMILES string of the molecule is CCn1cc(CN2CCC[C@H](CCc3cccc(OC)c3)C2)cn1. The number of methoxy groups -OCH3 is 1. The lowest BCUT2D eigenvalue weighted by Gasteiger charge is -2.32. The molecule has 0 N–H and O–H groups in total. The summed E-state index contributed by atoms with van der Waals surface area (Å²) in [5.74, 6) is 1.76. The molecule has 0 amide bonds. The summed E-state index contributed by atoms with van der Waals surface area (Å²) in [4.78, 5) is 2.59. The van der Waals surface area contributed by atoms with Crippen LogP contribution in [0.3, 0.4) is 0 Å². The van der Waals surface area contributed by atoms with Gasteiger partial charge in [0, 0.05) is 31.4 Å². The fourth-order valence-corrected chi connectivity index (χ4v) is 3.65. The van der Waals surface area contributed by atoms with E-state index in [2.05, 4.69) is 41.3 Å². The van der Waals surface area contributed by atoms with Gasteiger partial charge in [0.05, 0.1) is 13.3 Å². The molecule has 1 aromatic heterocycles. The molecule has 0 bridgehead atoms. The van der Waals surface area contributed by atoms with Crippen LogP contribution in [0.15, 0.2) is 36.7 Å². The lowest BCUT2D eigenvalue weighted by atomic mass is 9.91. The van der Waals surface area contributed by atoms with E-state index < -0.39 is 0 Å². The lowest BCUT2D eigenvalue weighted by Crippen LogP contribution is -2.35. The van der Waals surface area contributed by atoms with Crippen LogP contribution in [0.5, 0.6) is 5.75 Å². The second-order valence-electron chi connectivity index (χ2n) is 6.84. The highest BCUT2D eigenvalue weighted by Crippen LogP contribution is 2.24. The third kappa shape index (κ3) is 4.60. The Kier molecular flexibility index (Phi) is 5.91. The standard InChI is InChI=1S/C20H29N3O/c1-3-23-16-19(13-21-23)15-22-11-5-7-18(14-22)10-9-17-6-4-8-20(12-17)24-2/h4,6,8,12-13,16,18H,3,5,7,9-11,14-15H2,1-2H3/t18-/m1/s1. The minimum absolute atomic E-state index is 0.797. The Bertz CT molecular complexity index is 637. The van der Waals surface area contributed by atoms with Crippen molar-refractivity contribution in [2.24, 2.45) is 5.92 Å². The van der Waals surface area contributed by atoms with Crippen molar-refractivity contribution in [1.82, 2.24) is 14.7 Å². The first kappa shape index (κ1) is 17.0. The molecule has 1 saturated heterocycles. The van der Waals surface area contributed by atoms with E-state index in [1.54, 1.807) is 7.11 Å². The van der Waals surface area contributed by atoms with Crippen molar-refractivity contribution in [3.8, 4) is 5.75 Å². The van der Waals surface area contributed by atoms with Crippen molar-refractivity contribution in [2.45, 2.75) is 45.7 Å². The largest absolute Gasteiger partial charge is 0.497 e. The van der Waals surface area contributed by atoms with Gasteiger partial charge in [0.25, 0.3) is 0 Å². The molecule has 0 spiro atoms. The van der Waals surface area contributed by atoms with Crippen molar-refractivity contribution >= 4 is 0 Å². The number of benzene rings is 1. The van der Waals surface area contributed by atoms with E-state index in [0.29, 0.717) is 0 Å². The molecule has 0 saturated carbocycles. The highest BCUT2D eigenvalue weighted by atomic mass is 16.5. The average Bonchev–Trinajstić information content (AvgIpc) is 3.08. The molecular weight excluding hydrogens is 298 g/mol. The fourth-order valence-electron chi connectivity index (χ4n) is 3.65. The number of piperidine rings is 1. The zero-order valence-electron chi connectivity index (χ0n) is 14.9. The second-order valence-corrected chi connectivity index (χ2v) is 6.84. The average molecular weight is 327 g/mol. The zero-order valence-corrected chi connectivity index (χ0v) is 14.9. The Morgan fingerprint density at radius 3 is 3.00 bits per heavy atom. The maximum absolute atomic E-state index is 5.33. The monoisotopic (exact) mass is 327 g/mol. The van der Waals surface area contributed by atoms with Crippen LogP contribution in [-0.4, -0.2) is 34.9 Å². The van der Waals surface area contributed by atoms with E-state index in [0.717, 1.165) is 31.2 Å². The van der Waals surface area contributed by atoms with Gasteiger partial charge < -0.3 is 4.74 Å². The molecule has 130 valence electrons. The van der Waals surface area contributed by atoms with Gasteiger partial charge in [-0.3, -0.25) is 9.58 Å². The zero-order chi connectivity index (χ0) is 16.8. The summed E-state index contributed by atoms with van der Waals surface area (Å²) < 4.78 is 7.34. The maximum atomic E-state index is 5.33. The van der Waals surface area contributed by atoms with E-state index in [1.807, 2.05) is 16.9 Å². The maximum Gasteiger partial charge on any atom is 0.119 e. The topological polar surface area (TPSA) is 30.3 Å². The van der Waals surface area contributed by atoms with Gasteiger partial charge in [-0.1, -0.05) is 12.1 Å². The van der Waals surface area contributed by atoms with E-state index in [4.69, 9.17) is 4.74 Å². The van der Waals surface area contributed by atoms with Crippen molar-refractivity contribution in [1.29, 1.82) is 0 Å². The van der Waals surface area contributed by atoms with Gasteiger partial charge in [0.1, 0.15) is 5.75 Å². The molecule has 4 heteroatoms. The van der Waals surface area contributed by atoms with E-state index in [9.17, 15) is 0 Å². The van der Waals surface area contributed by atoms with Crippen LogP contribution in [0.1, 0.15) is 37.3 Å². The van der Waals surface area contributed by atoms with Crippen molar-refractivity contribution < 1.29 is 4.74 Å². The van der Waals surface area contributed by atoms with Gasteiger partial charge in [-0.05, 0) is 62.8 Å². The predicted molar refractivity (Wildman–Crippen MR) is 97.2 cm³/mol. The normalized spacial score (nSPS) is 18.7. The first-order valence-electron chi connectivity index (χ1n) is 9.13. The van der Waals surface area contributed by atoms with E-state index >= 15 is 0 Å². The quantitative estimate of drug-likeness (QED) is 0.776. The van der Waals surface area contributed by atoms with Crippen LogP contribution in [0.4, 0.5) is 0 Å². The first-order chi connectivity index (χ1) is 11.8. The van der Waals surface area contributed by atoms with Crippen LogP contribution in [0.2, 0.25) is 0 Å². The molecule has 24 heavy (non-hydrogen) atoms. The van der Waals surface area contributed by atoms with Gasteiger partial charge in [-0.2, -0.15) is 5.10 Å². The molecule has 2 heterocycles. The Morgan fingerprint density at radius 1 is 1.29 bits per heavy atom. The van der Waals surface area contributed by atoms with Gasteiger partial charge in [-0.25, -0.2) is 0 Å². The molecule has 1 aromatic carbocycles. The summed E-state index contributed by atoms with van der Waals surface area (Å²) in [5.41, 5.74) is 2.72. The van der Waals surface area contributed by atoms with Gasteiger partial charge in [0.15, 0.2) is 0 Å². The molecule has 1 fully saturated rings. The fraction of sp³-hybridized carbons (Fsp3) is 0.550. The third-order valence-electron chi connectivity index (χ3n) is 5.00. The summed E-state index contributed by atoms with van der Waals surface area (Å²) in [6.45, 7) is 6.54. The number of likely N-dealkylation sites (tertiary alicyclic amines) is 1. The molecule has 3 rings (SSSR count). The summed E-state index contributed by atoms with van der Waals surface area (Å²) in [6, 6.07) is 8.48. The minimum Gasteiger partial charge on any atom is -0.497 e. The summed E-state index contributed by atoms with van der Waals surface area (Å²) >= 11 is 0. The smallest absolute Gasteiger partial charge is 0.119 e. The Hall–Kier alpha value is -1.81. The number of ether oxygens (including phenoxy) is 1. The summed E-state index contributed by atoms with van der Waals surface area (Å²) in [7, 11) is 1.73. The van der Waals surface area contributed by atoms with Crippen LogP contribution in [-0.2, 0) is 19.5 Å². The molecule has 0 aliphatic carbocycles. The van der Waals surface area contributed by atoms with Gasteiger partial charge >= 0.3 is 0 Å². The highest BCUT2D eigenvalue weighted by molar-refractivity contribution is 5.28. The van der Waals surface area contributed by atoms with E-state index in [-0.39, 0.29) is 0 Å². The minimum atomic E-state index is 0.797. The summed E-state index contributed by atoms with van der Waals surface area (Å²) in [6.07, 6.45) is 9.27. The molecule has 4 nitrogen and oxygen atoms in total.